The Kier molecular flexibility index (Phi) is 4.32. The predicted molar refractivity (Wildman–Crippen MR) is 85.6 cm³/mol. The van der Waals surface area contributed by atoms with E-state index < -0.39 is 0 Å². The summed E-state index contributed by atoms with van der Waals surface area (Å²) in [5.41, 5.74) is 7.62. The van der Waals surface area contributed by atoms with Crippen molar-refractivity contribution in [3.05, 3.63) is 35.9 Å². The van der Waals surface area contributed by atoms with Crippen LogP contribution in [0.15, 0.2) is 30.3 Å². The minimum absolute atomic E-state index is 0.409. The molecule has 0 bridgehead atoms. The lowest BCUT2D eigenvalue weighted by Gasteiger charge is -2.17. The molecule has 2 rings (SSSR count). The number of hydrogen-bond acceptors (Lipinski definition) is 3. The molecule has 0 unspecified atom stereocenters. The molecular formula is C15H19N3S. The SMILES string of the molecule is CCC(CC)Nc1cc(C(N)=S)c2ccccc2n1. The van der Waals surface area contributed by atoms with Gasteiger partial charge in [-0.1, -0.05) is 44.3 Å². The van der Waals surface area contributed by atoms with Crippen molar-refractivity contribution >= 4 is 33.9 Å². The Hall–Kier alpha value is -1.68. The summed E-state index contributed by atoms with van der Waals surface area (Å²) in [5.74, 6) is 0.843. The average Bonchev–Trinajstić information content (AvgIpc) is 2.43. The molecule has 4 heteroatoms. The van der Waals surface area contributed by atoms with Gasteiger partial charge < -0.3 is 11.1 Å². The smallest absolute Gasteiger partial charge is 0.127 e. The fraction of sp³-hybridized carbons (Fsp3) is 0.333. The van der Waals surface area contributed by atoms with Gasteiger partial charge in [0, 0.05) is 17.0 Å². The molecule has 1 heterocycles. The topological polar surface area (TPSA) is 50.9 Å². The van der Waals surface area contributed by atoms with Gasteiger partial charge in [-0.05, 0) is 25.0 Å². The van der Waals surface area contributed by atoms with Gasteiger partial charge in [0.25, 0.3) is 0 Å². The number of thiocarbonyl (C=S) groups is 1. The minimum Gasteiger partial charge on any atom is -0.389 e. The Morgan fingerprint density at radius 1 is 1.32 bits per heavy atom. The van der Waals surface area contributed by atoms with E-state index in [-0.39, 0.29) is 0 Å². The van der Waals surface area contributed by atoms with Gasteiger partial charge in [0.15, 0.2) is 0 Å². The van der Waals surface area contributed by atoms with Crippen LogP contribution in [-0.2, 0) is 0 Å². The van der Waals surface area contributed by atoms with Crippen LogP contribution >= 0.6 is 12.2 Å². The molecular weight excluding hydrogens is 254 g/mol. The number of aromatic nitrogens is 1. The molecule has 0 fully saturated rings. The van der Waals surface area contributed by atoms with Gasteiger partial charge in [-0.25, -0.2) is 4.98 Å². The van der Waals surface area contributed by atoms with Gasteiger partial charge in [-0.15, -0.1) is 0 Å². The molecule has 1 aromatic carbocycles. The highest BCUT2D eigenvalue weighted by Gasteiger charge is 2.10. The van der Waals surface area contributed by atoms with Crippen molar-refractivity contribution in [2.45, 2.75) is 32.7 Å². The largest absolute Gasteiger partial charge is 0.389 e. The maximum absolute atomic E-state index is 5.82. The highest BCUT2D eigenvalue weighted by atomic mass is 32.1. The third-order valence-corrected chi connectivity index (χ3v) is 3.54. The van der Waals surface area contributed by atoms with Crippen LogP contribution in [-0.4, -0.2) is 16.0 Å². The summed E-state index contributed by atoms with van der Waals surface area (Å²) in [6, 6.07) is 10.3. The molecule has 0 aliphatic carbocycles. The Balaban J connectivity index is 2.49. The van der Waals surface area contributed by atoms with E-state index in [9.17, 15) is 0 Å². The Bertz CT molecular complexity index is 591. The normalized spacial score (nSPS) is 10.9. The molecule has 19 heavy (non-hydrogen) atoms. The molecule has 0 aliphatic heterocycles. The second-order valence-electron chi connectivity index (χ2n) is 4.59. The maximum atomic E-state index is 5.82. The average molecular weight is 273 g/mol. The second-order valence-corrected chi connectivity index (χ2v) is 5.03. The van der Waals surface area contributed by atoms with Gasteiger partial charge in [0.05, 0.1) is 5.52 Å². The zero-order chi connectivity index (χ0) is 13.8. The molecule has 3 N–H and O–H groups in total. The highest BCUT2D eigenvalue weighted by molar-refractivity contribution is 7.80. The van der Waals surface area contributed by atoms with Crippen LogP contribution in [0.25, 0.3) is 10.9 Å². The molecule has 0 radical (unpaired) electrons. The highest BCUT2D eigenvalue weighted by Crippen LogP contribution is 2.21. The molecule has 0 amide bonds. The summed E-state index contributed by atoms with van der Waals surface area (Å²) < 4.78 is 0. The summed E-state index contributed by atoms with van der Waals surface area (Å²) in [6.45, 7) is 4.33. The number of nitrogens with two attached hydrogens (primary N) is 1. The van der Waals surface area contributed by atoms with Crippen LogP contribution in [0, 0.1) is 0 Å². The van der Waals surface area contributed by atoms with Crippen LogP contribution < -0.4 is 11.1 Å². The summed E-state index contributed by atoms with van der Waals surface area (Å²) in [7, 11) is 0. The van der Waals surface area contributed by atoms with E-state index in [0.717, 1.165) is 35.1 Å². The van der Waals surface area contributed by atoms with E-state index in [1.54, 1.807) is 0 Å². The van der Waals surface area contributed by atoms with Crippen LogP contribution in [0.3, 0.4) is 0 Å². The van der Waals surface area contributed by atoms with Crippen molar-refractivity contribution in [3.8, 4) is 0 Å². The Labute approximate surface area is 119 Å². The lowest BCUT2D eigenvalue weighted by atomic mass is 10.1. The molecule has 0 spiro atoms. The number of nitrogens with one attached hydrogen (secondary N) is 1. The number of fused-ring (bicyclic) bond motifs is 1. The second kappa shape index (κ2) is 5.97. The zero-order valence-electron chi connectivity index (χ0n) is 11.3. The third kappa shape index (κ3) is 3.01. The third-order valence-electron chi connectivity index (χ3n) is 3.32. The first-order chi connectivity index (χ1) is 9.15. The predicted octanol–water partition coefficient (Wildman–Crippen LogP) is 3.47. The van der Waals surface area contributed by atoms with E-state index in [0.29, 0.717) is 11.0 Å². The monoisotopic (exact) mass is 273 g/mol. The van der Waals surface area contributed by atoms with Gasteiger partial charge in [0.1, 0.15) is 10.8 Å². The molecule has 100 valence electrons. The molecule has 0 saturated carbocycles. The van der Waals surface area contributed by atoms with Crippen molar-refractivity contribution < 1.29 is 0 Å². The summed E-state index contributed by atoms with van der Waals surface area (Å²) in [5, 5.41) is 4.44. The van der Waals surface area contributed by atoms with E-state index >= 15 is 0 Å². The van der Waals surface area contributed by atoms with Crippen LogP contribution in [0.1, 0.15) is 32.3 Å². The van der Waals surface area contributed by atoms with Gasteiger partial charge in [-0.2, -0.15) is 0 Å². The maximum Gasteiger partial charge on any atom is 0.127 e. The Morgan fingerprint density at radius 2 is 2.00 bits per heavy atom. The van der Waals surface area contributed by atoms with Gasteiger partial charge in [-0.3, -0.25) is 0 Å². The van der Waals surface area contributed by atoms with Crippen molar-refractivity contribution in [1.82, 2.24) is 4.98 Å². The molecule has 2 aromatic rings. The quantitative estimate of drug-likeness (QED) is 0.819. The molecule has 0 saturated heterocycles. The lowest BCUT2D eigenvalue weighted by molar-refractivity contribution is 0.669. The number of hydrogen-bond donors (Lipinski definition) is 2. The van der Waals surface area contributed by atoms with Crippen LogP contribution in [0.5, 0.6) is 0 Å². The summed E-state index contributed by atoms with van der Waals surface area (Å²) in [6.07, 6.45) is 2.13. The van der Waals surface area contributed by atoms with Crippen LogP contribution in [0.4, 0.5) is 5.82 Å². The van der Waals surface area contributed by atoms with Gasteiger partial charge in [0.2, 0.25) is 0 Å². The molecule has 1 aromatic heterocycles. The van der Waals surface area contributed by atoms with E-state index in [4.69, 9.17) is 18.0 Å². The number of pyridine rings is 1. The number of nitrogens with zero attached hydrogens (tertiary/aromatic N) is 1. The van der Waals surface area contributed by atoms with Crippen molar-refractivity contribution in [1.29, 1.82) is 0 Å². The molecule has 0 aliphatic rings. The first-order valence-electron chi connectivity index (χ1n) is 6.61. The number of benzene rings is 1. The number of rotatable bonds is 5. The minimum atomic E-state index is 0.409. The van der Waals surface area contributed by atoms with Crippen LogP contribution in [0.2, 0.25) is 0 Å². The number of anilines is 1. The van der Waals surface area contributed by atoms with Crippen molar-refractivity contribution in [2.24, 2.45) is 5.73 Å². The van der Waals surface area contributed by atoms with Crippen molar-refractivity contribution in [3.63, 3.8) is 0 Å². The standard InChI is InChI=1S/C15H19N3S/c1-3-10(4-2)17-14-9-12(15(16)19)11-7-5-6-8-13(11)18-14/h5-10H,3-4H2,1-2H3,(H2,16,19)(H,17,18). The van der Waals surface area contributed by atoms with E-state index in [2.05, 4.69) is 24.1 Å². The van der Waals surface area contributed by atoms with E-state index in [1.165, 1.54) is 0 Å². The van der Waals surface area contributed by atoms with Gasteiger partial charge >= 0.3 is 0 Å². The zero-order valence-corrected chi connectivity index (χ0v) is 12.1. The fourth-order valence-electron chi connectivity index (χ4n) is 2.16. The summed E-state index contributed by atoms with van der Waals surface area (Å²) >= 11 is 5.14. The fourth-order valence-corrected chi connectivity index (χ4v) is 2.32. The summed E-state index contributed by atoms with van der Waals surface area (Å²) in [4.78, 5) is 5.04. The number of para-hydroxylation sites is 1. The molecule has 0 atom stereocenters. The Morgan fingerprint density at radius 3 is 2.63 bits per heavy atom. The first kappa shape index (κ1) is 13.7. The van der Waals surface area contributed by atoms with Crippen molar-refractivity contribution in [2.75, 3.05) is 5.32 Å². The lowest BCUT2D eigenvalue weighted by Crippen LogP contribution is -2.19. The molecule has 3 nitrogen and oxygen atoms in total. The first-order valence-corrected chi connectivity index (χ1v) is 7.02. The van der Waals surface area contributed by atoms with E-state index in [1.807, 2.05) is 30.3 Å².